The number of benzene rings is 1. The van der Waals surface area contributed by atoms with Gasteiger partial charge in [-0.2, -0.15) is 17.0 Å². The minimum absolute atomic E-state index is 0.0729. The summed E-state index contributed by atoms with van der Waals surface area (Å²) < 4.78 is 0. The molecule has 0 unspecified atom stereocenters. The summed E-state index contributed by atoms with van der Waals surface area (Å²) in [5, 5.41) is 22.7. The molecule has 0 aromatic heterocycles. The fraction of sp³-hybridized carbons (Fsp3) is 0.250. The number of hydrogen-bond acceptors (Lipinski definition) is 5. The summed E-state index contributed by atoms with van der Waals surface area (Å²) >= 11 is 1.68. The first-order valence-corrected chi connectivity index (χ1v) is 6.46. The van der Waals surface area contributed by atoms with Crippen LogP contribution in [0.25, 0.3) is 0 Å². The summed E-state index contributed by atoms with van der Waals surface area (Å²) in [6, 6.07) is 6.51. The topological polar surface area (TPSA) is 79.0 Å². The Morgan fingerprint density at radius 1 is 1.61 bits per heavy atom. The van der Waals surface area contributed by atoms with Crippen molar-refractivity contribution in [3.05, 3.63) is 46.5 Å². The molecule has 0 saturated heterocycles. The van der Waals surface area contributed by atoms with Gasteiger partial charge in [0.05, 0.1) is 4.92 Å². The Kier molecular flexibility index (Phi) is 5.74. The van der Waals surface area contributed by atoms with Gasteiger partial charge in [-0.1, -0.05) is 12.1 Å². The molecule has 1 aromatic rings. The molecular weight excluding hydrogens is 250 g/mol. The average molecular weight is 263 g/mol. The first kappa shape index (κ1) is 14.1. The average Bonchev–Trinajstić information content (AvgIpc) is 2.37. The number of nitrogens with one attached hydrogen (secondary N) is 1. The summed E-state index contributed by atoms with van der Waals surface area (Å²) in [6.07, 6.45) is 1.81. The Morgan fingerprint density at radius 3 is 3.00 bits per heavy atom. The third-order valence-electron chi connectivity index (χ3n) is 2.14. The van der Waals surface area contributed by atoms with Crippen LogP contribution in [0.5, 0.6) is 0 Å². The number of nitro groups is 1. The maximum Gasteiger partial charge on any atom is 0.309 e. The molecule has 0 heterocycles. The molecule has 0 aliphatic carbocycles. The van der Waals surface area contributed by atoms with E-state index in [1.807, 2.05) is 12.1 Å². The molecule has 1 aromatic carbocycles. The van der Waals surface area contributed by atoms with Crippen molar-refractivity contribution in [2.75, 3.05) is 23.4 Å². The lowest BCUT2D eigenvalue weighted by atomic mass is 10.1. The zero-order valence-electron chi connectivity index (χ0n) is 9.76. The number of hydrogen-bond donors (Lipinski definition) is 1. The van der Waals surface area contributed by atoms with Gasteiger partial charge in [-0.3, -0.25) is 10.1 Å². The Bertz CT molecular complexity index is 483. The predicted octanol–water partition coefficient (Wildman–Crippen LogP) is 2.80. The van der Waals surface area contributed by atoms with Crippen LogP contribution in [0.15, 0.2) is 30.9 Å². The molecule has 1 rings (SSSR count). The molecule has 0 amide bonds. The minimum atomic E-state index is -0.530. The van der Waals surface area contributed by atoms with Crippen LogP contribution in [0.3, 0.4) is 0 Å². The van der Waals surface area contributed by atoms with Crippen LogP contribution in [-0.2, 0) is 0 Å². The molecule has 0 fully saturated rings. The van der Waals surface area contributed by atoms with Crippen LogP contribution in [0.1, 0.15) is 5.56 Å². The normalized spacial score (nSPS) is 9.50. The van der Waals surface area contributed by atoms with Crippen molar-refractivity contribution in [1.29, 1.82) is 5.26 Å². The van der Waals surface area contributed by atoms with Crippen molar-refractivity contribution in [1.82, 2.24) is 0 Å². The summed E-state index contributed by atoms with van der Waals surface area (Å²) in [5.74, 6) is 1.67. The highest BCUT2D eigenvalue weighted by Crippen LogP contribution is 2.27. The van der Waals surface area contributed by atoms with Gasteiger partial charge in [-0.25, -0.2) is 0 Å². The number of nitriles is 1. The zero-order valence-corrected chi connectivity index (χ0v) is 10.6. The molecule has 0 radical (unpaired) electrons. The molecular formula is C12H13N3O2S. The van der Waals surface area contributed by atoms with E-state index in [0.717, 1.165) is 11.5 Å². The third-order valence-corrected chi connectivity index (χ3v) is 3.10. The lowest BCUT2D eigenvalue weighted by Gasteiger charge is -2.07. The van der Waals surface area contributed by atoms with Gasteiger partial charge in [0.2, 0.25) is 0 Å². The summed E-state index contributed by atoms with van der Waals surface area (Å²) in [4.78, 5) is 10.4. The van der Waals surface area contributed by atoms with Crippen LogP contribution in [0.2, 0.25) is 0 Å². The predicted molar refractivity (Wildman–Crippen MR) is 73.8 cm³/mol. The number of nitro benzene ring substituents is 1. The fourth-order valence-electron chi connectivity index (χ4n) is 1.40. The van der Waals surface area contributed by atoms with Crippen molar-refractivity contribution >= 4 is 23.1 Å². The van der Waals surface area contributed by atoms with E-state index in [1.165, 1.54) is 6.07 Å². The van der Waals surface area contributed by atoms with Gasteiger partial charge in [0.15, 0.2) is 0 Å². The van der Waals surface area contributed by atoms with Gasteiger partial charge in [0.1, 0.15) is 17.3 Å². The van der Waals surface area contributed by atoms with Gasteiger partial charge in [0.25, 0.3) is 0 Å². The molecule has 18 heavy (non-hydrogen) atoms. The second-order valence-electron chi connectivity index (χ2n) is 3.36. The van der Waals surface area contributed by atoms with Gasteiger partial charge < -0.3 is 5.32 Å². The highest BCUT2D eigenvalue weighted by Gasteiger charge is 2.18. The maximum atomic E-state index is 10.9. The lowest BCUT2D eigenvalue weighted by molar-refractivity contribution is -0.384. The molecule has 0 aliphatic heterocycles. The highest BCUT2D eigenvalue weighted by atomic mass is 32.2. The second-order valence-corrected chi connectivity index (χ2v) is 4.51. The van der Waals surface area contributed by atoms with E-state index in [2.05, 4.69) is 11.9 Å². The van der Waals surface area contributed by atoms with Crippen LogP contribution in [-0.4, -0.2) is 23.0 Å². The van der Waals surface area contributed by atoms with Gasteiger partial charge >= 0.3 is 5.69 Å². The third kappa shape index (κ3) is 3.79. The van der Waals surface area contributed by atoms with Crippen LogP contribution in [0.4, 0.5) is 11.4 Å². The first-order chi connectivity index (χ1) is 8.70. The standard InChI is InChI=1S/C12H13N3O2S/c1-2-7-18-8-6-14-11-5-3-4-10(9-13)12(11)15(16)17/h2-5,14H,1,6-8H2. The Labute approximate surface area is 110 Å². The summed E-state index contributed by atoms with van der Waals surface area (Å²) in [5.41, 5.74) is 0.302. The summed E-state index contributed by atoms with van der Waals surface area (Å²) in [6.45, 7) is 4.22. The van der Waals surface area contributed by atoms with E-state index >= 15 is 0 Å². The van der Waals surface area contributed by atoms with E-state index in [-0.39, 0.29) is 11.3 Å². The van der Waals surface area contributed by atoms with Gasteiger partial charge in [0, 0.05) is 18.1 Å². The van der Waals surface area contributed by atoms with E-state index < -0.39 is 4.92 Å². The monoisotopic (exact) mass is 263 g/mol. The Hall–Kier alpha value is -2.00. The number of rotatable bonds is 7. The first-order valence-electron chi connectivity index (χ1n) is 5.30. The largest absolute Gasteiger partial charge is 0.379 e. The van der Waals surface area contributed by atoms with E-state index in [0.29, 0.717) is 12.2 Å². The molecule has 0 bridgehead atoms. The molecule has 6 heteroatoms. The fourth-order valence-corrected chi connectivity index (χ4v) is 1.98. The second kappa shape index (κ2) is 7.35. The Balaban J connectivity index is 2.73. The smallest absolute Gasteiger partial charge is 0.309 e. The zero-order chi connectivity index (χ0) is 13.4. The van der Waals surface area contributed by atoms with Crippen molar-refractivity contribution < 1.29 is 4.92 Å². The van der Waals surface area contributed by atoms with Crippen LogP contribution in [0, 0.1) is 21.4 Å². The molecule has 5 nitrogen and oxygen atoms in total. The summed E-state index contributed by atoms with van der Waals surface area (Å²) in [7, 11) is 0. The maximum absolute atomic E-state index is 10.9. The molecule has 1 N–H and O–H groups in total. The van der Waals surface area contributed by atoms with Crippen molar-refractivity contribution in [2.45, 2.75) is 0 Å². The van der Waals surface area contributed by atoms with Crippen molar-refractivity contribution in [3.8, 4) is 6.07 Å². The number of thioether (sulfide) groups is 1. The molecule has 0 spiro atoms. The van der Waals surface area contributed by atoms with Gasteiger partial charge in [-0.15, -0.1) is 6.58 Å². The van der Waals surface area contributed by atoms with Crippen molar-refractivity contribution in [2.24, 2.45) is 0 Å². The highest BCUT2D eigenvalue weighted by molar-refractivity contribution is 7.99. The molecule has 0 aliphatic rings. The van der Waals surface area contributed by atoms with Crippen LogP contribution < -0.4 is 5.32 Å². The molecule has 0 atom stereocenters. The van der Waals surface area contributed by atoms with Crippen molar-refractivity contribution in [3.63, 3.8) is 0 Å². The molecule has 94 valence electrons. The lowest BCUT2D eigenvalue weighted by Crippen LogP contribution is -2.07. The van der Waals surface area contributed by atoms with E-state index in [9.17, 15) is 10.1 Å². The number of para-hydroxylation sites is 1. The van der Waals surface area contributed by atoms with E-state index in [4.69, 9.17) is 5.26 Å². The quantitative estimate of drug-likeness (QED) is 0.354. The molecule has 0 saturated carbocycles. The van der Waals surface area contributed by atoms with Crippen LogP contribution >= 0.6 is 11.8 Å². The van der Waals surface area contributed by atoms with Gasteiger partial charge in [-0.05, 0) is 12.1 Å². The SMILES string of the molecule is C=CCSCCNc1cccc(C#N)c1[N+](=O)[O-]. The number of anilines is 1. The minimum Gasteiger partial charge on any atom is -0.379 e. The Morgan fingerprint density at radius 2 is 2.39 bits per heavy atom. The number of nitrogens with zero attached hydrogens (tertiary/aromatic N) is 2. The van der Waals surface area contributed by atoms with E-state index in [1.54, 1.807) is 23.9 Å².